The Morgan fingerprint density at radius 3 is 1.94 bits per heavy atom. The van der Waals surface area contributed by atoms with Crippen LogP contribution < -0.4 is 0 Å². The molecular weight excluding hydrogens is 192 g/mol. The van der Waals surface area contributed by atoms with E-state index < -0.39 is 0 Å². The summed E-state index contributed by atoms with van der Waals surface area (Å²) in [6.45, 7) is 12.3. The Morgan fingerprint density at radius 2 is 1.50 bits per heavy atom. The van der Waals surface area contributed by atoms with E-state index in [-0.39, 0.29) is 0 Å². The van der Waals surface area contributed by atoms with Gasteiger partial charge in [-0.2, -0.15) is 0 Å². The fourth-order valence-corrected chi connectivity index (χ4v) is 1.61. The van der Waals surface area contributed by atoms with Gasteiger partial charge in [0.1, 0.15) is 0 Å². The SMILES string of the molecule is C=C(C)c1ccc(/C(C)=C(C)/C=C\C)cc1. The van der Waals surface area contributed by atoms with Gasteiger partial charge in [-0.15, -0.1) is 0 Å². The summed E-state index contributed by atoms with van der Waals surface area (Å²) >= 11 is 0. The Bertz CT molecular complexity index is 428. The third-order valence-corrected chi connectivity index (χ3v) is 2.82. The summed E-state index contributed by atoms with van der Waals surface area (Å²) in [6.07, 6.45) is 4.21. The van der Waals surface area contributed by atoms with Crippen molar-refractivity contribution in [1.82, 2.24) is 0 Å². The third-order valence-electron chi connectivity index (χ3n) is 2.82. The minimum atomic E-state index is 1.11. The van der Waals surface area contributed by atoms with Gasteiger partial charge in [-0.05, 0) is 50.0 Å². The molecule has 0 saturated heterocycles. The van der Waals surface area contributed by atoms with Gasteiger partial charge in [-0.3, -0.25) is 0 Å². The van der Waals surface area contributed by atoms with Gasteiger partial charge in [0.05, 0.1) is 0 Å². The van der Waals surface area contributed by atoms with E-state index in [1.54, 1.807) is 0 Å². The van der Waals surface area contributed by atoms with Crippen LogP contribution in [0.5, 0.6) is 0 Å². The zero-order valence-corrected chi connectivity index (χ0v) is 10.7. The Morgan fingerprint density at radius 1 is 1.00 bits per heavy atom. The van der Waals surface area contributed by atoms with E-state index in [0.717, 1.165) is 5.57 Å². The van der Waals surface area contributed by atoms with E-state index in [1.807, 2.05) is 13.8 Å². The molecule has 84 valence electrons. The fourth-order valence-electron chi connectivity index (χ4n) is 1.61. The molecule has 0 heteroatoms. The number of allylic oxidation sites excluding steroid dienone is 5. The second-order valence-electron chi connectivity index (χ2n) is 4.17. The molecule has 0 aromatic heterocycles. The molecule has 0 bridgehead atoms. The normalized spacial score (nSPS) is 12.8. The van der Waals surface area contributed by atoms with Gasteiger partial charge in [0.25, 0.3) is 0 Å². The van der Waals surface area contributed by atoms with Crippen LogP contribution in [0.15, 0.2) is 48.6 Å². The third kappa shape index (κ3) is 2.96. The minimum absolute atomic E-state index is 1.11. The molecule has 16 heavy (non-hydrogen) atoms. The molecule has 1 aromatic carbocycles. The van der Waals surface area contributed by atoms with Crippen LogP contribution in [-0.2, 0) is 0 Å². The lowest BCUT2D eigenvalue weighted by atomic mass is 9.99. The molecular formula is C16H20. The highest BCUT2D eigenvalue weighted by molar-refractivity contribution is 5.71. The molecule has 0 fully saturated rings. The average molecular weight is 212 g/mol. The van der Waals surface area contributed by atoms with Crippen LogP contribution in [0.1, 0.15) is 38.8 Å². The van der Waals surface area contributed by atoms with Crippen LogP contribution in [0.3, 0.4) is 0 Å². The zero-order valence-electron chi connectivity index (χ0n) is 10.7. The first-order valence-corrected chi connectivity index (χ1v) is 5.62. The first-order chi connectivity index (χ1) is 7.56. The molecule has 0 aliphatic rings. The van der Waals surface area contributed by atoms with E-state index in [1.165, 1.54) is 22.3 Å². The highest BCUT2D eigenvalue weighted by atomic mass is 14.0. The number of benzene rings is 1. The van der Waals surface area contributed by atoms with Crippen molar-refractivity contribution < 1.29 is 0 Å². The quantitative estimate of drug-likeness (QED) is 0.612. The smallest absolute Gasteiger partial charge is 0.0224 e. The van der Waals surface area contributed by atoms with Gasteiger partial charge in [-0.1, -0.05) is 48.6 Å². The van der Waals surface area contributed by atoms with Crippen molar-refractivity contribution in [3.63, 3.8) is 0 Å². The van der Waals surface area contributed by atoms with Gasteiger partial charge < -0.3 is 0 Å². The largest absolute Gasteiger partial charge is 0.0955 e. The maximum atomic E-state index is 3.94. The van der Waals surface area contributed by atoms with Gasteiger partial charge in [0, 0.05) is 0 Å². The summed E-state index contributed by atoms with van der Waals surface area (Å²) in [4.78, 5) is 0. The zero-order chi connectivity index (χ0) is 12.1. The van der Waals surface area contributed by atoms with Crippen molar-refractivity contribution in [2.45, 2.75) is 27.7 Å². The number of hydrogen-bond donors (Lipinski definition) is 0. The van der Waals surface area contributed by atoms with Gasteiger partial charge >= 0.3 is 0 Å². The fraction of sp³-hybridized carbons (Fsp3) is 0.250. The summed E-state index contributed by atoms with van der Waals surface area (Å²) < 4.78 is 0. The molecule has 0 N–H and O–H groups in total. The molecule has 0 spiro atoms. The summed E-state index contributed by atoms with van der Waals surface area (Å²) in [6, 6.07) is 8.58. The van der Waals surface area contributed by atoms with E-state index in [4.69, 9.17) is 0 Å². The van der Waals surface area contributed by atoms with Crippen molar-refractivity contribution >= 4 is 11.1 Å². The van der Waals surface area contributed by atoms with E-state index in [9.17, 15) is 0 Å². The monoisotopic (exact) mass is 212 g/mol. The Balaban J connectivity index is 3.07. The Labute approximate surface area is 99.0 Å². The average Bonchev–Trinajstić information content (AvgIpc) is 2.28. The Hall–Kier alpha value is -1.56. The van der Waals surface area contributed by atoms with Crippen LogP contribution in [0.2, 0.25) is 0 Å². The summed E-state index contributed by atoms with van der Waals surface area (Å²) in [5.41, 5.74) is 6.23. The van der Waals surface area contributed by atoms with E-state index in [2.05, 4.69) is 56.8 Å². The highest BCUT2D eigenvalue weighted by Gasteiger charge is 1.99. The molecule has 0 radical (unpaired) electrons. The molecule has 0 atom stereocenters. The maximum Gasteiger partial charge on any atom is -0.0224 e. The van der Waals surface area contributed by atoms with Crippen molar-refractivity contribution in [3.05, 3.63) is 59.7 Å². The van der Waals surface area contributed by atoms with Crippen LogP contribution >= 0.6 is 0 Å². The summed E-state index contributed by atoms with van der Waals surface area (Å²) in [7, 11) is 0. The van der Waals surface area contributed by atoms with Crippen LogP contribution in [0, 0.1) is 0 Å². The van der Waals surface area contributed by atoms with Gasteiger partial charge in [0.2, 0.25) is 0 Å². The number of rotatable bonds is 3. The highest BCUT2D eigenvalue weighted by Crippen LogP contribution is 2.21. The maximum absolute atomic E-state index is 3.94. The van der Waals surface area contributed by atoms with Gasteiger partial charge in [0.15, 0.2) is 0 Å². The predicted molar refractivity (Wildman–Crippen MR) is 74.2 cm³/mol. The van der Waals surface area contributed by atoms with Crippen molar-refractivity contribution in [1.29, 1.82) is 0 Å². The van der Waals surface area contributed by atoms with Crippen LogP contribution in [0.25, 0.3) is 11.1 Å². The van der Waals surface area contributed by atoms with Crippen LogP contribution in [-0.4, -0.2) is 0 Å². The molecule has 0 unspecified atom stereocenters. The van der Waals surface area contributed by atoms with E-state index >= 15 is 0 Å². The van der Waals surface area contributed by atoms with E-state index in [0.29, 0.717) is 0 Å². The second kappa shape index (κ2) is 5.50. The molecule has 0 saturated carbocycles. The van der Waals surface area contributed by atoms with Crippen molar-refractivity contribution in [2.75, 3.05) is 0 Å². The molecule has 0 aliphatic carbocycles. The Kier molecular flexibility index (Phi) is 4.30. The summed E-state index contributed by atoms with van der Waals surface area (Å²) in [5.74, 6) is 0. The topological polar surface area (TPSA) is 0 Å². The second-order valence-corrected chi connectivity index (χ2v) is 4.17. The van der Waals surface area contributed by atoms with Crippen molar-refractivity contribution in [2.24, 2.45) is 0 Å². The predicted octanol–water partition coefficient (Wildman–Crippen LogP) is 5.09. The van der Waals surface area contributed by atoms with Gasteiger partial charge in [-0.25, -0.2) is 0 Å². The first-order valence-electron chi connectivity index (χ1n) is 5.62. The molecule has 0 aliphatic heterocycles. The molecule has 1 rings (SSSR count). The first kappa shape index (κ1) is 12.5. The molecule has 0 nitrogen and oxygen atoms in total. The summed E-state index contributed by atoms with van der Waals surface area (Å²) in [5, 5.41) is 0. The minimum Gasteiger partial charge on any atom is -0.0955 e. The molecule has 1 aromatic rings. The standard InChI is InChI=1S/C16H20/c1-6-7-13(4)14(5)16-10-8-15(9-11-16)12(2)3/h6-11H,2H2,1,3-5H3/b7-6-,14-13+. The number of hydrogen-bond acceptors (Lipinski definition) is 0. The van der Waals surface area contributed by atoms with Crippen LogP contribution in [0.4, 0.5) is 0 Å². The molecule has 0 amide bonds. The lowest BCUT2D eigenvalue weighted by molar-refractivity contribution is 1.44. The molecule has 0 heterocycles. The van der Waals surface area contributed by atoms with Crippen molar-refractivity contribution in [3.8, 4) is 0 Å². The lowest BCUT2D eigenvalue weighted by Gasteiger charge is -2.06. The lowest BCUT2D eigenvalue weighted by Crippen LogP contribution is -1.85.